The maximum absolute atomic E-state index is 11.1. The minimum atomic E-state index is -0.455. The van der Waals surface area contributed by atoms with Gasteiger partial charge in [-0.1, -0.05) is 23.7 Å². The van der Waals surface area contributed by atoms with E-state index in [9.17, 15) is 4.79 Å². The largest absolute Gasteiger partial charge is 0.469 e. The second kappa shape index (κ2) is 5.49. The maximum atomic E-state index is 11.1. The number of halogens is 1. The maximum Gasteiger partial charge on any atom is 0.308 e. The third-order valence-corrected chi connectivity index (χ3v) is 2.73. The molecule has 1 fully saturated rings. The normalized spacial score (nSPS) is 23.6. The highest BCUT2D eigenvalue weighted by Gasteiger charge is 2.29. The fourth-order valence-electron chi connectivity index (χ4n) is 1.65. The van der Waals surface area contributed by atoms with E-state index >= 15 is 0 Å². The average molecular weight is 257 g/mol. The Hall–Kier alpha value is -1.10. The lowest BCUT2D eigenvalue weighted by Gasteiger charge is -2.11. The fourth-order valence-corrected chi connectivity index (χ4v) is 1.85. The molecule has 92 valence electrons. The number of benzene rings is 1. The number of hydrogen-bond donors (Lipinski definition) is 0. The molecule has 0 saturated carbocycles. The highest BCUT2D eigenvalue weighted by Crippen LogP contribution is 2.29. The first kappa shape index (κ1) is 12.4. The molecule has 0 N–H and O–H groups in total. The van der Waals surface area contributed by atoms with Crippen LogP contribution in [0.25, 0.3) is 0 Å². The van der Waals surface area contributed by atoms with Gasteiger partial charge >= 0.3 is 5.97 Å². The van der Waals surface area contributed by atoms with Crippen LogP contribution in [0.4, 0.5) is 0 Å². The number of ether oxygens (including phenoxy) is 3. The van der Waals surface area contributed by atoms with Crippen molar-refractivity contribution in [3.8, 4) is 0 Å². The Morgan fingerprint density at radius 2 is 2.41 bits per heavy atom. The average Bonchev–Trinajstić information content (AvgIpc) is 2.77. The standard InChI is InChI=1S/C12H13ClO4/c1-15-11(14)6-10-7-16-12(17-10)8-3-2-4-9(13)5-8/h2-5,10,12H,6-7H2,1H3. The lowest BCUT2D eigenvalue weighted by Crippen LogP contribution is -2.16. The summed E-state index contributed by atoms with van der Waals surface area (Å²) in [6.07, 6.45) is -0.511. The number of methoxy groups -OCH3 is 1. The minimum Gasteiger partial charge on any atom is -0.469 e. The van der Waals surface area contributed by atoms with Gasteiger partial charge in [0.15, 0.2) is 6.29 Å². The Balaban J connectivity index is 1.96. The van der Waals surface area contributed by atoms with Crippen molar-refractivity contribution >= 4 is 17.6 Å². The Labute approximate surface area is 104 Å². The molecule has 0 amide bonds. The van der Waals surface area contributed by atoms with E-state index in [4.69, 9.17) is 21.1 Å². The number of hydrogen-bond acceptors (Lipinski definition) is 4. The van der Waals surface area contributed by atoms with Crippen LogP contribution in [0.5, 0.6) is 0 Å². The molecule has 5 heteroatoms. The second-order valence-electron chi connectivity index (χ2n) is 3.76. The molecular formula is C12H13ClO4. The first-order valence-corrected chi connectivity index (χ1v) is 5.66. The molecule has 0 bridgehead atoms. The van der Waals surface area contributed by atoms with Crippen LogP contribution in [0.2, 0.25) is 5.02 Å². The molecule has 0 radical (unpaired) electrons. The first-order chi connectivity index (χ1) is 8.19. The minimum absolute atomic E-state index is 0.202. The number of rotatable bonds is 3. The van der Waals surface area contributed by atoms with Crippen molar-refractivity contribution in [3.05, 3.63) is 34.9 Å². The Morgan fingerprint density at radius 3 is 3.12 bits per heavy atom. The fraction of sp³-hybridized carbons (Fsp3) is 0.417. The number of esters is 1. The summed E-state index contributed by atoms with van der Waals surface area (Å²) >= 11 is 5.88. The van der Waals surface area contributed by atoms with Gasteiger partial charge in [-0.3, -0.25) is 4.79 Å². The van der Waals surface area contributed by atoms with E-state index in [1.54, 1.807) is 12.1 Å². The summed E-state index contributed by atoms with van der Waals surface area (Å²) in [4.78, 5) is 11.1. The lowest BCUT2D eigenvalue weighted by molar-refractivity contribution is -0.143. The smallest absolute Gasteiger partial charge is 0.308 e. The molecule has 2 atom stereocenters. The molecule has 1 aliphatic rings. The summed E-state index contributed by atoms with van der Waals surface area (Å²) in [6, 6.07) is 7.27. The highest BCUT2D eigenvalue weighted by molar-refractivity contribution is 6.30. The molecule has 1 heterocycles. The molecule has 0 aliphatic carbocycles. The molecule has 4 nitrogen and oxygen atoms in total. The van der Waals surface area contributed by atoms with Crippen molar-refractivity contribution in [2.45, 2.75) is 18.8 Å². The third-order valence-electron chi connectivity index (χ3n) is 2.49. The molecule has 1 aromatic rings. The zero-order chi connectivity index (χ0) is 12.3. The van der Waals surface area contributed by atoms with Crippen molar-refractivity contribution in [3.63, 3.8) is 0 Å². The summed E-state index contributed by atoms with van der Waals surface area (Å²) in [6.45, 7) is 0.381. The Kier molecular flexibility index (Phi) is 3.99. The molecule has 2 rings (SSSR count). The van der Waals surface area contributed by atoms with Crippen molar-refractivity contribution < 1.29 is 19.0 Å². The van der Waals surface area contributed by atoms with E-state index in [-0.39, 0.29) is 18.5 Å². The topological polar surface area (TPSA) is 44.8 Å². The van der Waals surface area contributed by atoms with Gasteiger partial charge in [0.25, 0.3) is 0 Å². The summed E-state index contributed by atoms with van der Waals surface area (Å²) in [5, 5.41) is 0.631. The van der Waals surface area contributed by atoms with E-state index in [1.807, 2.05) is 12.1 Å². The monoisotopic (exact) mass is 256 g/mol. The van der Waals surface area contributed by atoms with Crippen molar-refractivity contribution in [1.82, 2.24) is 0 Å². The van der Waals surface area contributed by atoms with Gasteiger partial charge < -0.3 is 14.2 Å². The van der Waals surface area contributed by atoms with Gasteiger partial charge in [0.2, 0.25) is 0 Å². The zero-order valence-corrected chi connectivity index (χ0v) is 10.1. The molecule has 2 unspecified atom stereocenters. The molecule has 1 aromatic carbocycles. The summed E-state index contributed by atoms with van der Waals surface area (Å²) in [5.41, 5.74) is 0.852. The van der Waals surface area contributed by atoms with Crippen LogP contribution in [0, 0.1) is 0 Å². The highest BCUT2D eigenvalue weighted by atomic mass is 35.5. The second-order valence-corrected chi connectivity index (χ2v) is 4.20. The third kappa shape index (κ3) is 3.19. The lowest BCUT2D eigenvalue weighted by atomic mass is 10.2. The molecule has 17 heavy (non-hydrogen) atoms. The van der Waals surface area contributed by atoms with E-state index in [1.165, 1.54) is 7.11 Å². The van der Waals surface area contributed by atoms with Crippen LogP contribution in [0.3, 0.4) is 0 Å². The summed E-state index contributed by atoms with van der Waals surface area (Å²) in [5.74, 6) is -0.301. The van der Waals surface area contributed by atoms with Gasteiger partial charge in [-0.2, -0.15) is 0 Å². The van der Waals surface area contributed by atoms with Crippen molar-refractivity contribution in [2.75, 3.05) is 13.7 Å². The van der Waals surface area contributed by atoms with Crippen LogP contribution >= 0.6 is 11.6 Å². The predicted molar refractivity (Wildman–Crippen MR) is 61.7 cm³/mol. The van der Waals surface area contributed by atoms with Gasteiger partial charge in [0.1, 0.15) is 0 Å². The Bertz CT molecular complexity index is 407. The predicted octanol–water partition coefficient (Wildman–Crippen LogP) is 2.32. The number of carbonyl (C=O) groups is 1. The Morgan fingerprint density at radius 1 is 1.59 bits per heavy atom. The van der Waals surface area contributed by atoms with E-state index in [2.05, 4.69) is 4.74 Å². The molecule has 0 spiro atoms. The van der Waals surface area contributed by atoms with E-state index in [0.29, 0.717) is 11.6 Å². The van der Waals surface area contributed by atoms with Crippen LogP contribution < -0.4 is 0 Å². The number of carbonyl (C=O) groups excluding carboxylic acids is 1. The van der Waals surface area contributed by atoms with Gasteiger partial charge in [0.05, 0.1) is 26.2 Å². The van der Waals surface area contributed by atoms with Crippen LogP contribution in [0.15, 0.2) is 24.3 Å². The van der Waals surface area contributed by atoms with Gasteiger partial charge in [-0.25, -0.2) is 0 Å². The van der Waals surface area contributed by atoms with Gasteiger partial charge in [-0.15, -0.1) is 0 Å². The molecule has 1 saturated heterocycles. The van der Waals surface area contributed by atoms with E-state index < -0.39 is 6.29 Å². The summed E-state index contributed by atoms with van der Waals surface area (Å²) < 4.78 is 15.6. The SMILES string of the molecule is COC(=O)CC1COC(c2cccc(Cl)c2)O1. The van der Waals surface area contributed by atoms with Crippen LogP contribution in [-0.4, -0.2) is 25.8 Å². The molecule has 0 aromatic heterocycles. The quantitative estimate of drug-likeness (QED) is 0.779. The molecule has 1 aliphatic heterocycles. The summed E-state index contributed by atoms with van der Waals surface area (Å²) in [7, 11) is 1.35. The van der Waals surface area contributed by atoms with Crippen LogP contribution in [-0.2, 0) is 19.0 Å². The van der Waals surface area contributed by atoms with Gasteiger partial charge in [-0.05, 0) is 12.1 Å². The molecular weight excluding hydrogens is 244 g/mol. The zero-order valence-electron chi connectivity index (χ0n) is 9.39. The van der Waals surface area contributed by atoms with Crippen molar-refractivity contribution in [1.29, 1.82) is 0 Å². The van der Waals surface area contributed by atoms with E-state index in [0.717, 1.165) is 5.56 Å². The van der Waals surface area contributed by atoms with Crippen molar-refractivity contribution in [2.24, 2.45) is 0 Å². The van der Waals surface area contributed by atoms with Crippen LogP contribution in [0.1, 0.15) is 18.3 Å². The van der Waals surface area contributed by atoms with Gasteiger partial charge in [0, 0.05) is 10.6 Å². The first-order valence-electron chi connectivity index (χ1n) is 5.28.